The molecule has 0 aromatic carbocycles. The molecule has 1 N–H and O–H groups in total. The van der Waals surface area contributed by atoms with E-state index < -0.39 is 0 Å². The van der Waals surface area contributed by atoms with E-state index in [9.17, 15) is 0 Å². The van der Waals surface area contributed by atoms with Crippen molar-refractivity contribution in [1.82, 2.24) is 10.1 Å². The number of hydrogen-bond donors (Lipinski definition) is 1. The maximum absolute atomic E-state index is 8.87. The molecule has 0 unspecified atom stereocenters. The zero-order chi connectivity index (χ0) is 11.5. The van der Waals surface area contributed by atoms with E-state index >= 15 is 0 Å². The van der Waals surface area contributed by atoms with Gasteiger partial charge in [-0.3, -0.25) is 0 Å². The van der Waals surface area contributed by atoms with Crippen LogP contribution in [0.5, 0.6) is 0 Å². The summed E-state index contributed by atoms with van der Waals surface area (Å²) < 4.78 is 4.93. The molecule has 1 fully saturated rings. The standard InChI is InChI=1S/C12H20N2O2/c1-8(2)9-3-5-10(6-4-9)12-13-11(7-15)16-14-12/h8-10,15H,3-7H2,1-2H3. The molecule has 0 atom stereocenters. The van der Waals surface area contributed by atoms with Crippen molar-refractivity contribution < 1.29 is 9.63 Å². The molecule has 1 aromatic rings. The van der Waals surface area contributed by atoms with Crippen LogP contribution in [0.4, 0.5) is 0 Å². The van der Waals surface area contributed by atoms with Gasteiger partial charge in [0.05, 0.1) is 0 Å². The summed E-state index contributed by atoms with van der Waals surface area (Å²) in [5.74, 6) is 3.17. The zero-order valence-electron chi connectivity index (χ0n) is 10.0. The second-order valence-electron chi connectivity index (χ2n) is 5.06. The monoisotopic (exact) mass is 224 g/mol. The Kier molecular flexibility index (Phi) is 3.59. The summed E-state index contributed by atoms with van der Waals surface area (Å²) in [4.78, 5) is 4.19. The molecular formula is C12H20N2O2. The lowest BCUT2D eigenvalue weighted by atomic mass is 9.77. The summed E-state index contributed by atoms with van der Waals surface area (Å²) in [6.07, 6.45) is 4.80. The van der Waals surface area contributed by atoms with E-state index in [0.29, 0.717) is 11.8 Å². The van der Waals surface area contributed by atoms with Crippen LogP contribution in [0.3, 0.4) is 0 Å². The highest BCUT2D eigenvalue weighted by Gasteiger charge is 2.27. The van der Waals surface area contributed by atoms with E-state index in [1.165, 1.54) is 12.8 Å². The predicted molar refractivity (Wildman–Crippen MR) is 59.8 cm³/mol. The maximum Gasteiger partial charge on any atom is 0.252 e. The van der Waals surface area contributed by atoms with Crippen molar-refractivity contribution in [3.8, 4) is 0 Å². The first-order chi connectivity index (χ1) is 7.70. The van der Waals surface area contributed by atoms with Gasteiger partial charge in [0.1, 0.15) is 6.61 Å². The molecule has 1 aromatic heterocycles. The van der Waals surface area contributed by atoms with Gasteiger partial charge in [0.15, 0.2) is 5.82 Å². The SMILES string of the molecule is CC(C)C1CCC(c2noc(CO)n2)CC1. The third-order valence-electron chi connectivity index (χ3n) is 3.70. The lowest BCUT2D eigenvalue weighted by molar-refractivity contribution is 0.221. The van der Waals surface area contributed by atoms with Crippen LogP contribution >= 0.6 is 0 Å². The topological polar surface area (TPSA) is 59.2 Å². The number of nitrogens with zero attached hydrogens (tertiary/aromatic N) is 2. The Morgan fingerprint density at radius 2 is 2.00 bits per heavy atom. The molecule has 0 saturated heterocycles. The van der Waals surface area contributed by atoms with Crippen molar-refractivity contribution >= 4 is 0 Å². The highest BCUT2D eigenvalue weighted by molar-refractivity contribution is 4.97. The average Bonchev–Trinajstić information content (AvgIpc) is 2.77. The fourth-order valence-electron chi connectivity index (χ4n) is 2.54. The second kappa shape index (κ2) is 4.95. The van der Waals surface area contributed by atoms with Crippen LogP contribution in [0.1, 0.15) is 57.2 Å². The van der Waals surface area contributed by atoms with E-state index in [2.05, 4.69) is 24.0 Å². The molecule has 0 aliphatic heterocycles. The third kappa shape index (κ3) is 2.43. The van der Waals surface area contributed by atoms with Gasteiger partial charge in [-0.1, -0.05) is 19.0 Å². The van der Waals surface area contributed by atoms with Gasteiger partial charge in [0.2, 0.25) is 0 Å². The van der Waals surface area contributed by atoms with E-state index in [0.717, 1.165) is 30.5 Å². The first-order valence-corrected chi connectivity index (χ1v) is 6.14. The minimum atomic E-state index is -0.158. The first kappa shape index (κ1) is 11.6. The fraction of sp³-hybridized carbons (Fsp3) is 0.833. The molecule has 1 heterocycles. The van der Waals surface area contributed by atoms with Crippen LogP contribution < -0.4 is 0 Å². The van der Waals surface area contributed by atoms with Crippen molar-refractivity contribution in [1.29, 1.82) is 0 Å². The number of aliphatic hydroxyl groups excluding tert-OH is 1. The van der Waals surface area contributed by atoms with Gasteiger partial charge < -0.3 is 9.63 Å². The summed E-state index contributed by atoms with van der Waals surface area (Å²) in [5.41, 5.74) is 0. The summed E-state index contributed by atoms with van der Waals surface area (Å²) in [6, 6.07) is 0. The molecule has 1 aliphatic carbocycles. The van der Waals surface area contributed by atoms with Crippen LogP contribution in [0.25, 0.3) is 0 Å². The van der Waals surface area contributed by atoms with Gasteiger partial charge in [-0.15, -0.1) is 0 Å². The molecule has 0 radical (unpaired) electrons. The zero-order valence-corrected chi connectivity index (χ0v) is 10.0. The molecule has 16 heavy (non-hydrogen) atoms. The molecule has 0 amide bonds. The Hall–Kier alpha value is -0.900. The average molecular weight is 224 g/mol. The Morgan fingerprint density at radius 3 is 2.50 bits per heavy atom. The van der Waals surface area contributed by atoms with Gasteiger partial charge in [-0.25, -0.2) is 0 Å². The van der Waals surface area contributed by atoms with Gasteiger partial charge in [0, 0.05) is 5.92 Å². The van der Waals surface area contributed by atoms with Crippen molar-refractivity contribution in [3.05, 3.63) is 11.7 Å². The van der Waals surface area contributed by atoms with Gasteiger partial charge in [0.25, 0.3) is 5.89 Å². The highest BCUT2D eigenvalue weighted by atomic mass is 16.5. The van der Waals surface area contributed by atoms with Crippen molar-refractivity contribution in [2.24, 2.45) is 11.8 Å². The summed E-state index contributed by atoms with van der Waals surface area (Å²) in [5, 5.41) is 12.8. The minimum absolute atomic E-state index is 0.158. The number of aliphatic hydroxyl groups is 1. The Bertz CT molecular complexity index is 328. The van der Waals surface area contributed by atoms with Crippen molar-refractivity contribution in [3.63, 3.8) is 0 Å². The number of rotatable bonds is 3. The van der Waals surface area contributed by atoms with Crippen molar-refractivity contribution in [2.45, 2.75) is 52.1 Å². The first-order valence-electron chi connectivity index (χ1n) is 6.14. The summed E-state index contributed by atoms with van der Waals surface area (Å²) in [7, 11) is 0. The molecule has 90 valence electrons. The largest absolute Gasteiger partial charge is 0.387 e. The van der Waals surface area contributed by atoms with E-state index in [4.69, 9.17) is 9.63 Å². The van der Waals surface area contributed by atoms with Crippen molar-refractivity contribution in [2.75, 3.05) is 0 Å². The summed E-state index contributed by atoms with van der Waals surface area (Å²) in [6.45, 7) is 4.43. The molecule has 1 aliphatic rings. The lowest BCUT2D eigenvalue weighted by Gasteiger charge is -2.29. The molecule has 0 spiro atoms. The molecule has 4 nitrogen and oxygen atoms in total. The Balaban J connectivity index is 1.93. The molecular weight excluding hydrogens is 204 g/mol. The van der Waals surface area contributed by atoms with Gasteiger partial charge in [-0.2, -0.15) is 4.98 Å². The van der Waals surface area contributed by atoms with Gasteiger partial charge >= 0.3 is 0 Å². The Morgan fingerprint density at radius 1 is 1.31 bits per heavy atom. The smallest absolute Gasteiger partial charge is 0.252 e. The molecule has 4 heteroatoms. The number of hydrogen-bond acceptors (Lipinski definition) is 4. The molecule has 1 saturated carbocycles. The van der Waals surface area contributed by atoms with Crippen LogP contribution in [0.15, 0.2) is 4.52 Å². The third-order valence-corrected chi connectivity index (χ3v) is 3.70. The van der Waals surface area contributed by atoms with Crippen LogP contribution in [0.2, 0.25) is 0 Å². The maximum atomic E-state index is 8.87. The Labute approximate surface area is 96.1 Å². The van der Waals surface area contributed by atoms with Crippen LogP contribution in [0, 0.1) is 11.8 Å². The molecule has 0 bridgehead atoms. The van der Waals surface area contributed by atoms with E-state index in [1.807, 2.05) is 0 Å². The second-order valence-corrected chi connectivity index (χ2v) is 5.06. The summed E-state index contributed by atoms with van der Waals surface area (Å²) >= 11 is 0. The number of aromatic nitrogens is 2. The van der Waals surface area contributed by atoms with Crippen LogP contribution in [-0.4, -0.2) is 15.2 Å². The minimum Gasteiger partial charge on any atom is -0.387 e. The predicted octanol–water partition coefficient (Wildman–Crippen LogP) is 2.49. The van der Waals surface area contributed by atoms with E-state index in [-0.39, 0.29) is 6.61 Å². The van der Waals surface area contributed by atoms with Gasteiger partial charge in [-0.05, 0) is 37.5 Å². The van der Waals surface area contributed by atoms with Crippen LogP contribution in [-0.2, 0) is 6.61 Å². The lowest BCUT2D eigenvalue weighted by Crippen LogP contribution is -2.18. The normalized spacial score (nSPS) is 26.2. The van der Waals surface area contributed by atoms with E-state index in [1.54, 1.807) is 0 Å². The highest BCUT2D eigenvalue weighted by Crippen LogP contribution is 2.37. The quantitative estimate of drug-likeness (QED) is 0.857. The fourth-order valence-corrected chi connectivity index (χ4v) is 2.54. The molecule has 2 rings (SSSR count).